The van der Waals surface area contributed by atoms with Gasteiger partial charge in [-0.25, -0.2) is 13.2 Å². The Morgan fingerprint density at radius 2 is 1.87 bits per heavy atom. The number of amides is 2. The summed E-state index contributed by atoms with van der Waals surface area (Å²) in [6.45, 7) is 3.97. The molecular weight excluding hydrogens is 314 g/mol. The molecule has 0 unspecified atom stereocenters. The number of nitrogens with zero attached hydrogens (tertiary/aromatic N) is 2. The minimum absolute atomic E-state index is 0.0594. The van der Waals surface area contributed by atoms with E-state index < -0.39 is 9.84 Å². The van der Waals surface area contributed by atoms with Gasteiger partial charge in [-0.3, -0.25) is 4.90 Å². The first-order chi connectivity index (χ1) is 10.9. The van der Waals surface area contributed by atoms with Gasteiger partial charge in [-0.1, -0.05) is 30.3 Å². The van der Waals surface area contributed by atoms with Crippen LogP contribution in [0.15, 0.2) is 30.3 Å². The summed E-state index contributed by atoms with van der Waals surface area (Å²) < 4.78 is 22.8. The van der Waals surface area contributed by atoms with E-state index in [2.05, 4.69) is 29.3 Å². The molecule has 23 heavy (non-hydrogen) atoms. The molecule has 1 aromatic rings. The summed E-state index contributed by atoms with van der Waals surface area (Å²) in [7, 11) is -0.933. The van der Waals surface area contributed by atoms with E-state index >= 15 is 0 Å². The maximum atomic E-state index is 12.1. The standard InChI is InChI=1S/C16H25N3O3S/c1-14(18(2)13-15-6-4-3-5-7-15)12-17-16(20)19-8-10-23(21,22)11-9-19/h3-7,14H,8-13H2,1-2H3,(H,17,20)/t14-/m1/s1. The molecule has 128 valence electrons. The van der Waals surface area contributed by atoms with Gasteiger partial charge in [-0.2, -0.15) is 0 Å². The Balaban J connectivity index is 1.75. The molecule has 0 bridgehead atoms. The molecule has 1 aliphatic heterocycles. The number of urea groups is 1. The van der Waals surface area contributed by atoms with E-state index in [0.717, 1.165) is 6.54 Å². The second-order valence-electron chi connectivity index (χ2n) is 6.07. The molecule has 7 heteroatoms. The predicted octanol–water partition coefficient (Wildman–Crippen LogP) is 0.947. The fourth-order valence-corrected chi connectivity index (χ4v) is 3.65. The van der Waals surface area contributed by atoms with Gasteiger partial charge in [0.1, 0.15) is 0 Å². The minimum Gasteiger partial charge on any atom is -0.336 e. The molecule has 1 fully saturated rings. The Morgan fingerprint density at radius 1 is 1.26 bits per heavy atom. The number of carbonyl (C=O) groups excluding carboxylic acids is 1. The molecule has 1 aliphatic rings. The summed E-state index contributed by atoms with van der Waals surface area (Å²) >= 11 is 0. The van der Waals surface area contributed by atoms with Crippen LogP contribution in [0.25, 0.3) is 0 Å². The van der Waals surface area contributed by atoms with Crippen molar-refractivity contribution >= 4 is 15.9 Å². The van der Waals surface area contributed by atoms with Crippen molar-refractivity contribution in [3.63, 3.8) is 0 Å². The quantitative estimate of drug-likeness (QED) is 0.867. The van der Waals surface area contributed by atoms with Crippen molar-refractivity contribution in [3.05, 3.63) is 35.9 Å². The van der Waals surface area contributed by atoms with Crippen LogP contribution in [-0.4, -0.2) is 68.5 Å². The largest absolute Gasteiger partial charge is 0.336 e. The van der Waals surface area contributed by atoms with E-state index in [9.17, 15) is 13.2 Å². The Labute approximate surface area is 138 Å². The highest BCUT2D eigenvalue weighted by atomic mass is 32.2. The van der Waals surface area contributed by atoms with Gasteiger partial charge < -0.3 is 10.2 Å². The van der Waals surface area contributed by atoms with Gasteiger partial charge >= 0.3 is 6.03 Å². The first-order valence-corrected chi connectivity index (χ1v) is 9.67. The number of hydrogen-bond donors (Lipinski definition) is 1. The summed E-state index contributed by atoms with van der Waals surface area (Å²) in [6.07, 6.45) is 0. The lowest BCUT2D eigenvalue weighted by Crippen LogP contribution is -2.50. The molecule has 0 aromatic heterocycles. The first kappa shape index (κ1) is 17.7. The number of carbonyl (C=O) groups is 1. The van der Waals surface area contributed by atoms with E-state index in [1.165, 1.54) is 5.56 Å². The molecule has 0 saturated carbocycles. The van der Waals surface area contributed by atoms with Crippen LogP contribution >= 0.6 is 0 Å². The average molecular weight is 339 g/mol. The minimum atomic E-state index is -2.96. The van der Waals surface area contributed by atoms with Gasteiger partial charge in [0.2, 0.25) is 0 Å². The summed E-state index contributed by atoms with van der Waals surface area (Å²) in [5, 5.41) is 2.90. The Kier molecular flexibility index (Phi) is 6.01. The van der Waals surface area contributed by atoms with E-state index in [4.69, 9.17) is 0 Å². The van der Waals surface area contributed by atoms with E-state index in [-0.39, 0.29) is 36.7 Å². The monoisotopic (exact) mass is 339 g/mol. The number of likely N-dealkylation sites (N-methyl/N-ethyl adjacent to an activating group) is 1. The lowest BCUT2D eigenvalue weighted by molar-refractivity contribution is 0.193. The van der Waals surface area contributed by atoms with Crippen molar-refractivity contribution in [1.82, 2.24) is 15.1 Å². The van der Waals surface area contributed by atoms with Crippen molar-refractivity contribution < 1.29 is 13.2 Å². The van der Waals surface area contributed by atoms with Crippen LogP contribution in [0, 0.1) is 0 Å². The Hall–Kier alpha value is -1.60. The molecule has 2 rings (SSSR count). The van der Waals surface area contributed by atoms with Crippen LogP contribution < -0.4 is 5.32 Å². The lowest BCUT2D eigenvalue weighted by atomic mass is 10.2. The second-order valence-corrected chi connectivity index (χ2v) is 8.38. The second kappa shape index (κ2) is 7.79. The zero-order valence-corrected chi connectivity index (χ0v) is 14.6. The van der Waals surface area contributed by atoms with E-state index in [1.807, 2.05) is 25.2 Å². The van der Waals surface area contributed by atoms with Gasteiger partial charge in [0.15, 0.2) is 9.84 Å². The number of hydrogen-bond acceptors (Lipinski definition) is 4. The topological polar surface area (TPSA) is 69.7 Å². The molecule has 1 saturated heterocycles. The Bertz CT molecular complexity index is 605. The summed E-state index contributed by atoms with van der Waals surface area (Å²) in [4.78, 5) is 15.8. The Morgan fingerprint density at radius 3 is 2.48 bits per heavy atom. The SMILES string of the molecule is C[C@H](CNC(=O)N1CCS(=O)(=O)CC1)N(C)Cc1ccccc1. The fraction of sp³-hybridized carbons (Fsp3) is 0.562. The maximum Gasteiger partial charge on any atom is 0.317 e. The van der Waals surface area contributed by atoms with Crippen molar-refractivity contribution in [2.24, 2.45) is 0 Å². The van der Waals surface area contributed by atoms with Crippen LogP contribution in [-0.2, 0) is 16.4 Å². The smallest absolute Gasteiger partial charge is 0.317 e. The molecule has 0 spiro atoms. The van der Waals surface area contributed by atoms with Crippen molar-refractivity contribution in [3.8, 4) is 0 Å². The fourth-order valence-electron chi connectivity index (χ4n) is 2.45. The van der Waals surface area contributed by atoms with Crippen LogP contribution in [0.1, 0.15) is 12.5 Å². The van der Waals surface area contributed by atoms with Crippen molar-refractivity contribution in [2.75, 3.05) is 38.2 Å². The predicted molar refractivity (Wildman–Crippen MR) is 91.0 cm³/mol. The highest BCUT2D eigenvalue weighted by Crippen LogP contribution is 2.06. The van der Waals surface area contributed by atoms with Crippen LogP contribution in [0.4, 0.5) is 4.79 Å². The zero-order chi connectivity index (χ0) is 16.9. The van der Waals surface area contributed by atoms with Gasteiger partial charge in [0.05, 0.1) is 11.5 Å². The van der Waals surface area contributed by atoms with Crippen molar-refractivity contribution in [1.29, 1.82) is 0 Å². The molecule has 1 N–H and O–H groups in total. The lowest BCUT2D eigenvalue weighted by Gasteiger charge is -2.29. The van der Waals surface area contributed by atoms with Crippen LogP contribution in [0.2, 0.25) is 0 Å². The average Bonchev–Trinajstić information content (AvgIpc) is 2.53. The summed E-state index contributed by atoms with van der Waals surface area (Å²) in [6, 6.07) is 10.2. The van der Waals surface area contributed by atoms with Gasteiger partial charge in [-0.05, 0) is 19.5 Å². The van der Waals surface area contributed by atoms with Gasteiger partial charge in [0.25, 0.3) is 0 Å². The van der Waals surface area contributed by atoms with Gasteiger partial charge in [-0.15, -0.1) is 0 Å². The normalized spacial score (nSPS) is 18.7. The molecule has 0 radical (unpaired) electrons. The van der Waals surface area contributed by atoms with Gasteiger partial charge in [0, 0.05) is 32.2 Å². The number of sulfone groups is 1. The molecule has 6 nitrogen and oxygen atoms in total. The molecule has 1 atom stereocenters. The summed E-state index contributed by atoms with van der Waals surface area (Å²) in [5.74, 6) is 0.119. The van der Waals surface area contributed by atoms with E-state index in [0.29, 0.717) is 6.54 Å². The molecule has 0 aliphatic carbocycles. The van der Waals surface area contributed by atoms with Crippen LogP contribution in [0.3, 0.4) is 0 Å². The summed E-state index contributed by atoms with van der Waals surface area (Å²) in [5.41, 5.74) is 1.23. The van der Waals surface area contributed by atoms with E-state index in [1.54, 1.807) is 4.90 Å². The highest BCUT2D eigenvalue weighted by Gasteiger charge is 2.25. The van der Waals surface area contributed by atoms with Crippen molar-refractivity contribution in [2.45, 2.75) is 19.5 Å². The maximum absolute atomic E-state index is 12.1. The molecule has 1 aromatic carbocycles. The molecule has 2 amide bonds. The number of rotatable bonds is 5. The number of nitrogens with one attached hydrogen (secondary N) is 1. The highest BCUT2D eigenvalue weighted by molar-refractivity contribution is 7.91. The zero-order valence-electron chi connectivity index (χ0n) is 13.7. The molecular formula is C16H25N3O3S. The van der Waals surface area contributed by atoms with Crippen LogP contribution in [0.5, 0.6) is 0 Å². The third-order valence-electron chi connectivity index (χ3n) is 4.21. The first-order valence-electron chi connectivity index (χ1n) is 7.85. The molecule has 1 heterocycles. The third-order valence-corrected chi connectivity index (χ3v) is 5.82. The third kappa shape index (κ3) is 5.51. The number of benzene rings is 1.